The molecule has 6 aromatic carbocycles. The van der Waals surface area contributed by atoms with Gasteiger partial charge in [-0.1, -0.05) is 114 Å². The van der Waals surface area contributed by atoms with Gasteiger partial charge in [0.05, 0.1) is 0 Å². The second kappa shape index (κ2) is 11.6. The van der Waals surface area contributed by atoms with Gasteiger partial charge in [-0.2, -0.15) is 0 Å². The van der Waals surface area contributed by atoms with E-state index < -0.39 is 0 Å². The fraction of sp³-hybridized carbons (Fsp3) is 0.217. The molecule has 5 heteroatoms. The van der Waals surface area contributed by atoms with Gasteiger partial charge in [0, 0.05) is 40.2 Å². The van der Waals surface area contributed by atoms with Gasteiger partial charge in [-0.15, -0.1) is 0 Å². The SMILES string of the molecule is CC(C)(C)c1ccc(N2c3ccc(C(C)(C)C)cc3B3c4cc5c(cc4N(c4ccccc4)c4cc(-c6ccccc6)cc2c43)OCCO5)cc1. The van der Waals surface area contributed by atoms with E-state index in [1.54, 1.807) is 0 Å². The first-order valence-corrected chi connectivity index (χ1v) is 18.1. The van der Waals surface area contributed by atoms with Gasteiger partial charge < -0.3 is 19.3 Å². The molecule has 3 heterocycles. The number of para-hydroxylation sites is 1. The topological polar surface area (TPSA) is 24.9 Å². The number of benzene rings is 6. The van der Waals surface area contributed by atoms with E-state index in [1.165, 1.54) is 55.7 Å². The van der Waals surface area contributed by atoms with Crippen molar-refractivity contribution in [3.63, 3.8) is 0 Å². The Bertz CT molecular complexity index is 2290. The molecule has 0 spiro atoms. The molecule has 3 aliphatic rings. The molecule has 0 saturated carbocycles. The summed E-state index contributed by atoms with van der Waals surface area (Å²) in [6.07, 6.45) is 0. The van der Waals surface area contributed by atoms with E-state index in [2.05, 4.69) is 179 Å². The van der Waals surface area contributed by atoms with Crippen LogP contribution in [0.15, 0.2) is 127 Å². The van der Waals surface area contributed by atoms with Crippen LogP contribution in [0.25, 0.3) is 11.1 Å². The molecule has 0 unspecified atom stereocenters. The average Bonchev–Trinajstić information content (AvgIpc) is 3.13. The minimum absolute atomic E-state index is 0.0190. The lowest BCUT2D eigenvalue weighted by molar-refractivity contribution is 0.172. The van der Waals surface area contributed by atoms with Crippen LogP contribution in [-0.4, -0.2) is 19.9 Å². The van der Waals surface area contributed by atoms with Crippen LogP contribution < -0.4 is 35.7 Å². The highest BCUT2D eigenvalue weighted by Crippen LogP contribution is 2.48. The van der Waals surface area contributed by atoms with Crippen LogP contribution in [0.5, 0.6) is 11.5 Å². The fourth-order valence-corrected chi connectivity index (χ4v) is 8.04. The summed E-state index contributed by atoms with van der Waals surface area (Å²) in [4.78, 5) is 4.94. The van der Waals surface area contributed by atoms with Crippen LogP contribution in [0.2, 0.25) is 0 Å². The van der Waals surface area contributed by atoms with Crippen molar-refractivity contribution >= 4 is 57.2 Å². The first kappa shape index (κ1) is 31.6. The lowest BCUT2D eigenvalue weighted by atomic mass is 9.33. The summed E-state index contributed by atoms with van der Waals surface area (Å²) in [5, 5.41) is 0. The largest absolute Gasteiger partial charge is 0.486 e. The number of rotatable bonds is 3. The predicted molar refractivity (Wildman–Crippen MR) is 214 cm³/mol. The van der Waals surface area contributed by atoms with Gasteiger partial charge in [0.1, 0.15) is 13.2 Å². The van der Waals surface area contributed by atoms with Crippen LogP contribution in [-0.2, 0) is 10.8 Å². The predicted octanol–water partition coefficient (Wildman–Crippen LogP) is 9.80. The summed E-state index contributed by atoms with van der Waals surface area (Å²) < 4.78 is 12.5. The van der Waals surface area contributed by atoms with E-state index in [0.29, 0.717) is 13.2 Å². The Morgan fingerprint density at radius 2 is 1.00 bits per heavy atom. The zero-order chi connectivity index (χ0) is 35.1. The van der Waals surface area contributed by atoms with E-state index >= 15 is 0 Å². The molecule has 0 aromatic heterocycles. The van der Waals surface area contributed by atoms with E-state index in [-0.39, 0.29) is 17.5 Å². The molecule has 0 saturated heterocycles. The maximum atomic E-state index is 6.28. The number of fused-ring (bicyclic) bond motifs is 5. The molecule has 0 bridgehead atoms. The third-order valence-corrected chi connectivity index (χ3v) is 10.7. The molecule has 3 aliphatic heterocycles. The molecular weight excluding hydrogens is 623 g/mol. The maximum Gasteiger partial charge on any atom is 0.252 e. The number of nitrogens with zero attached hydrogens (tertiary/aromatic N) is 2. The van der Waals surface area contributed by atoms with Gasteiger partial charge >= 0.3 is 0 Å². The van der Waals surface area contributed by atoms with Gasteiger partial charge in [-0.25, -0.2) is 0 Å². The van der Waals surface area contributed by atoms with Crippen LogP contribution in [0.4, 0.5) is 34.1 Å². The molecule has 0 N–H and O–H groups in total. The Hall–Kier alpha value is -5.42. The first-order valence-electron chi connectivity index (χ1n) is 18.1. The zero-order valence-electron chi connectivity index (χ0n) is 30.3. The third kappa shape index (κ3) is 5.21. The monoisotopic (exact) mass is 666 g/mol. The van der Waals surface area contributed by atoms with E-state index in [1.807, 2.05) is 0 Å². The molecule has 0 atom stereocenters. The van der Waals surface area contributed by atoms with E-state index in [4.69, 9.17) is 9.47 Å². The quantitative estimate of drug-likeness (QED) is 0.175. The highest BCUT2D eigenvalue weighted by Gasteiger charge is 2.45. The second-order valence-corrected chi connectivity index (χ2v) is 16.1. The molecule has 51 heavy (non-hydrogen) atoms. The van der Waals surface area contributed by atoms with Crippen molar-refractivity contribution in [3.8, 4) is 22.6 Å². The van der Waals surface area contributed by atoms with Crippen LogP contribution in [0.1, 0.15) is 52.7 Å². The van der Waals surface area contributed by atoms with Crippen molar-refractivity contribution in [1.82, 2.24) is 0 Å². The number of hydrogen-bond donors (Lipinski definition) is 0. The minimum Gasteiger partial charge on any atom is -0.486 e. The zero-order valence-corrected chi connectivity index (χ0v) is 30.3. The molecule has 0 amide bonds. The lowest BCUT2D eigenvalue weighted by Crippen LogP contribution is -2.61. The molecule has 9 rings (SSSR count). The first-order chi connectivity index (χ1) is 24.6. The smallest absolute Gasteiger partial charge is 0.252 e. The van der Waals surface area contributed by atoms with Crippen LogP contribution in [0, 0.1) is 0 Å². The van der Waals surface area contributed by atoms with Gasteiger partial charge in [0.15, 0.2) is 11.5 Å². The van der Waals surface area contributed by atoms with E-state index in [0.717, 1.165) is 28.6 Å². The maximum absolute atomic E-state index is 6.28. The number of hydrogen-bond acceptors (Lipinski definition) is 4. The standard InChI is InChI=1S/C46H43BN2O2/c1-45(2,3)32-17-20-35(21-18-32)48-38-22-19-33(46(4,5)6)27-36(38)47-37-28-42-43(51-24-23-50-42)29-39(37)49(34-15-11-8-12-16-34)41-26-31(25-40(48)44(41)47)30-13-9-7-10-14-30/h7-22,25-29H,23-24H2,1-6H3. The average molecular weight is 667 g/mol. The third-order valence-electron chi connectivity index (χ3n) is 10.7. The van der Waals surface area contributed by atoms with Crippen molar-refractivity contribution < 1.29 is 9.47 Å². The molecule has 0 fully saturated rings. The normalized spacial score (nSPS) is 14.5. The summed E-state index contributed by atoms with van der Waals surface area (Å²) in [6.45, 7) is 14.8. The second-order valence-electron chi connectivity index (χ2n) is 16.1. The summed E-state index contributed by atoms with van der Waals surface area (Å²) in [5.41, 5.74) is 15.8. The van der Waals surface area contributed by atoms with Gasteiger partial charge in [-0.05, 0) is 98.0 Å². The summed E-state index contributed by atoms with van der Waals surface area (Å²) >= 11 is 0. The van der Waals surface area contributed by atoms with Crippen molar-refractivity contribution in [2.75, 3.05) is 23.0 Å². The van der Waals surface area contributed by atoms with Crippen molar-refractivity contribution in [2.45, 2.75) is 52.4 Å². The molecular formula is C46H43BN2O2. The Balaban J connectivity index is 1.40. The summed E-state index contributed by atoms with van der Waals surface area (Å²) in [7, 11) is 0. The molecule has 252 valence electrons. The lowest BCUT2D eigenvalue weighted by Gasteiger charge is -2.45. The molecule has 0 radical (unpaired) electrons. The van der Waals surface area contributed by atoms with Gasteiger partial charge in [0.2, 0.25) is 0 Å². The van der Waals surface area contributed by atoms with Crippen LogP contribution >= 0.6 is 0 Å². The number of anilines is 6. The fourth-order valence-electron chi connectivity index (χ4n) is 8.04. The van der Waals surface area contributed by atoms with Gasteiger partial charge in [-0.3, -0.25) is 0 Å². The Labute approximate surface area is 302 Å². The number of ether oxygens (including phenoxy) is 2. The Kier molecular flexibility index (Phi) is 7.15. The summed E-state index contributed by atoms with van der Waals surface area (Å²) in [5.74, 6) is 1.61. The molecule has 0 aliphatic carbocycles. The summed E-state index contributed by atoms with van der Waals surface area (Å²) in [6, 6.07) is 47.1. The van der Waals surface area contributed by atoms with Crippen molar-refractivity contribution in [1.29, 1.82) is 0 Å². The van der Waals surface area contributed by atoms with Gasteiger partial charge in [0.25, 0.3) is 6.71 Å². The minimum atomic E-state index is -0.0204. The van der Waals surface area contributed by atoms with Crippen molar-refractivity contribution in [2.24, 2.45) is 0 Å². The van der Waals surface area contributed by atoms with Crippen molar-refractivity contribution in [3.05, 3.63) is 139 Å². The van der Waals surface area contributed by atoms with E-state index in [9.17, 15) is 0 Å². The Morgan fingerprint density at radius 1 is 0.471 bits per heavy atom. The highest BCUT2D eigenvalue weighted by molar-refractivity contribution is 7.00. The molecule has 6 aromatic rings. The highest BCUT2D eigenvalue weighted by atomic mass is 16.6. The molecule has 4 nitrogen and oxygen atoms in total. The van der Waals surface area contributed by atoms with Crippen LogP contribution in [0.3, 0.4) is 0 Å². The Morgan fingerprint density at radius 3 is 1.63 bits per heavy atom.